The lowest BCUT2D eigenvalue weighted by Gasteiger charge is -2.41. The van der Waals surface area contributed by atoms with Gasteiger partial charge in [-0.2, -0.15) is 0 Å². The number of ether oxygens (including phenoxy) is 1. The second-order valence-electron chi connectivity index (χ2n) is 4.85. The average Bonchev–Trinajstić information content (AvgIpc) is 2.37. The Kier molecular flexibility index (Phi) is 4.95. The van der Waals surface area contributed by atoms with Crippen LogP contribution >= 0.6 is 27.7 Å². The highest BCUT2D eigenvalue weighted by atomic mass is 79.9. The van der Waals surface area contributed by atoms with E-state index in [9.17, 15) is 0 Å². The van der Waals surface area contributed by atoms with Crippen molar-refractivity contribution in [3.05, 3.63) is 45.9 Å². The van der Waals surface area contributed by atoms with Crippen molar-refractivity contribution in [2.45, 2.75) is 12.0 Å². The monoisotopic (exact) mass is 342 g/mol. The molecule has 1 heterocycles. The van der Waals surface area contributed by atoms with Gasteiger partial charge < -0.3 is 16.2 Å². The largest absolute Gasteiger partial charge is 0.394 e. The van der Waals surface area contributed by atoms with Gasteiger partial charge in [-0.1, -0.05) is 34.6 Å². The van der Waals surface area contributed by atoms with Gasteiger partial charge >= 0.3 is 0 Å². The minimum Gasteiger partial charge on any atom is -0.394 e. The number of hydrogen-bond acceptors (Lipinski definition) is 4. The summed E-state index contributed by atoms with van der Waals surface area (Å²) >= 11 is 5.06. The first-order chi connectivity index (χ1) is 9.02. The maximum Gasteiger partial charge on any atom is 0.0582 e. The molecule has 1 aliphatic rings. The van der Waals surface area contributed by atoms with Gasteiger partial charge in [0, 0.05) is 28.3 Å². The fourth-order valence-electron chi connectivity index (χ4n) is 2.38. The van der Waals surface area contributed by atoms with Gasteiger partial charge in [-0.05, 0) is 24.1 Å². The van der Waals surface area contributed by atoms with Crippen LogP contribution in [0.4, 0.5) is 0 Å². The highest BCUT2D eigenvalue weighted by Crippen LogP contribution is 2.37. The van der Waals surface area contributed by atoms with Crippen molar-refractivity contribution < 1.29 is 4.74 Å². The molecule has 2 rings (SSSR count). The predicted octanol–water partition coefficient (Wildman–Crippen LogP) is 2.80. The molecule has 4 N–H and O–H groups in total. The first-order valence-electron chi connectivity index (χ1n) is 6.22. The number of nitrogens with two attached hydrogens (primary N) is 2. The molecule has 19 heavy (non-hydrogen) atoms. The minimum atomic E-state index is -0.357. The summed E-state index contributed by atoms with van der Waals surface area (Å²) in [6, 6.07) is 8.22. The zero-order chi connectivity index (χ0) is 13.9. The van der Waals surface area contributed by atoms with E-state index in [-0.39, 0.29) is 11.5 Å². The minimum absolute atomic E-state index is 0.237. The van der Waals surface area contributed by atoms with Crippen molar-refractivity contribution in [1.82, 2.24) is 0 Å². The van der Waals surface area contributed by atoms with E-state index in [0.29, 0.717) is 18.2 Å². The molecule has 3 nitrogen and oxygen atoms in total. The van der Waals surface area contributed by atoms with Gasteiger partial charge in [0.2, 0.25) is 0 Å². The van der Waals surface area contributed by atoms with Crippen LogP contribution in [0.15, 0.2) is 40.3 Å². The van der Waals surface area contributed by atoms with Gasteiger partial charge in [0.1, 0.15) is 0 Å². The first-order valence-corrected chi connectivity index (χ1v) is 8.00. The van der Waals surface area contributed by atoms with E-state index in [1.54, 1.807) is 11.8 Å². The van der Waals surface area contributed by atoms with Gasteiger partial charge in [0.25, 0.3) is 0 Å². The van der Waals surface area contributed by atoms with E-state index in [1.807, 2.05) is 12.1 Å². The maximum atomic E-state index is 6.70. The van der Waals surface area contributed by atoms with Gasteiger partial charge in [-0.25, -0.2) is 0 Å². The number of rotatable bonds is 4. The number of hydrogen-bond donors (Lipinski definition) is 2. The molecule has 0 unspecified atom stereocenters. The van der Waals surface area contributed by atoms with Crippen molar-refractivity contribution >= 4 is 27.7 Å². The molecule has 0 bridgehead atoms. The zero-order valence-electron chi connectivity index (χ0n) is 10.8. The van der Waals surface area contributed by atoms with Crippen LogP contribution in [0.25, 0.3) is 0 Å². The SMILES string of the molecule is C=C(N)SC[C@H]1COCC[C@]1(N)c1cccc(Br)c1. The van der Waals surface area contributed by atoms with Crippen LogP contribution < -0.4 is 11.5 Å². The Balaban J connectivity index is 2.23. The molecule has 0 amide bonds. The van der Waals surface area contributed by atoms with Crippen molar-refractivity contribution in [1.29, 1.82) is 0 Å². The number of benzene rings is 1. The summed E-state index contributed by atoms with van der Waals surface area (Å²) in [5.74, 6) is 1.07. The van der Waals surface area contributed by atoms with Crippen molar-refractivity contribution in [3.63, 3.8) is 0 Å². The van der Waals surface area contributed by atoms with Crippen LogP contribution in [-0.2, 0) is 10.3 Å². The van der Waals surface area contributed by atoms with Gasteiger partial charge in [-0.15, -0.1) is 11.8 Å². The maximum absolute atomic E-state index is 6.70. The Morgan fingerprint density at radius 1 is 1.58 bits per heavy atom. The lowest BCUT2D eigenvalue weighted by Crippen LogP contribution is -2.51. The second kappa shape index (κ2) is 6.31. The second-order valence-corrected chi connectivity index (χ2v) is 6.91. The summed E-state index contributed by atoms with van der Waals surface area (Å²) in [4.78, 5) is 0. The summed E-state index contributed by atoms with van der Waals surface area (Å²) in [6.07, 6.45) is 0.825. The van der Waals surface area contributed by atoms with Crippen LogP contribution in [0.1, 0.15) is 12.0 Å². The summed E-state index contributed by atoms with van der Waals surface area (Å²) in [5.41, 5.74) is 13.1. The molecule has 0 saturated carbocycles. The van der Waals surface area contributed by atoms with Crippen molar-refractivity contribution in [2.24, 2.45) is 17.4 Å². The van der Waals surface area contributed by atoms with Crippen molar-refractivity contribution in [2.75, 3.05) is 19.0 Å². The fraction of sp³-hybridized carbons (Fsp3) is 0.429. The quantitative estimate of drug-likeness (QED) is 0.883. The van der Waals surface area contributed by atoms with Crippen LogP contribution in [0.5, 0.6) is 0 Å². The Hall–Kier alpha value is -0.490. The lowest BCUT2D eigenvalue weighted by molar-refractivity contribution is 0.00968. The standard InChI is InChI=1S/C14H19BrN2OS/c1-10(16)19-9-12-8-18-6-5-14(12,17)11-3-2-4-13(15)7-11/h2-4,7,12H,1,5-6,8-9,16-17H2/t12-,14+/m1/s1. The normalized spacial score (nSPS) is 27.2. The smallest absolute Gasteiger partial charge is 0.0582 e. The summed E-state index contributed by atoms with van der Waals surface area (Å²) in [5, 5.41) is 0.627. The Morgan fingerprint density at radius 3 is 3.05 bits per heavy atom. The molecule has 0 radical (unpaired) electrons. The lowest BCUT2D eigenvalue weighted by atomic mass is 9.76. The summed E-state index contributed by atoms with van der Waals surface area (Å²) < 4.78 is 6.64. The highest BCUT2D eigenvalue weighted by molar-refractivity contribution is 9.10. The summed E-state index contributed by atoms with van der Waals surface area (Å²) in [7, 11) is 0. The Bertz CT molecular complexity index is 469. The van der Waals surface area contributed by atoms with Crippen LogP contribution in [0.3, 0.4) is 0 Å². The Labute approximate surface area is 126 Å². The average molecular weight is 343 g/mol. The molecule has 2 atom stereocenters. The van der Waals surface area contributed by atoms with Gasteiger partial charge in [0.15, 0.2) is 0 Å². The Morgan fingerprint density at radius 2 is 2.37 bits per heavy atom. The first kappa shape index (κ1) is 14.9. The van der Waals surface area contributed by atoms with E-state index >= 15 is 0 Å². The zero-order valence-corrected chi connectivity index (χ0v) is 13.2. The predicted molar refractivity (Wildman–Crippen MR) is 84.7 cm³/mol. The van der Waals surface area contributed by atoms with Crippen LogP contribution in [0.2, 0.25) is 0 Å². The molecular weight excluding hydrogens is 324 g/mol. The van der Waals surface area contributed by atoms with Crippen molar-refractivity contribution in [3.8, 4) is 0 Å². The van der Waals surface area contributed by atoms with Gasteiger partial charge in [0.05, 0.1) is 11.6 Å². The van der Waals surface area contributed by atoms with Crippen LogP contribution in [0, 0.1) is 5.92 Å². The van der Waals surface area contributed by atoms with E-state index in [1.165, 1.54) is 0 Å². The van der Waals surface area contributed by atoms with E-state index in [0.717, 1.165) is 22.2 Å². The molecule has 1 fully saturated rings. The van der Waals surface area contributed by atoms with E-state index in [4.69, 9.17) is 16.2 Å². The van der Waals surface area contributed by atoms with E-state index in [2.05, 4.69) is 34.6 Å². The molecule has 104 valence electrons. The number of halogens is 1. The summed E-state index contributed by atoms with van der Waals surface area (Å²) in [6.45, 7) is 5.10. The fourth-order valence-corrected chi connectivity index (χ4v) is 3.59. The molecule has 1 aliphatic heterocycles. The van der Waals surface area contributed by atoms with Crippen LogP contribution in [-0.4, -0.2) is 19.0 Å². The molecule has 1 aromatic carbocycles. The molecule has 0 aromatic heterocycles. The van der Waals surface area contributed by atoms with E-state index < -0.39 is 0 Å². The highest BCUT2D eigenvalue weighted by Gasteiger charge is 2.39. The van der Waals surface area contributed by atoms with Gasteiger partial charge in [-0.3, -0.25) is 0 Å². The third-order valence-corrected chi connectivity index (χ3v) is 4.97. The topological polar surface area (TPSA) is 61.3 Å². The molecule has 0 spiro atoms. The molecular formula is C14H19BrN2OS. The molecule has 5 heteroatoms. The number of thioether (sulfide) groups is 1. The molecule has 1 aromatic rings. The third kappa shape index (κ3) is 3.54. The molecule has 0 aliphatic carbocycles. The molecule has 1 saturated heterocycles. The third-order valence-electron chi connectivity index (χ3n) is 3.54.